The highest BCUT2D eigenvalue weighted by atomic mass is 19.4. The van der Waals surface area contributed by atoms with Crippen LogP contribution in [0.15, 0.2) is 24.3 Å². The molecular formula is C15H14F3N3O2. The number of alkyl halides is 3. The number of carbonyl (C=O) groups is 2. The van der Waals surface area contributed by atoms with Crippen molar-refractivity contribution in [3.05, 3.63) is 29.8 Å². The number of rotatable bonds is 2. The Morgan fingerprint density at radius 2 is 1.91 bits per heavy atom. The van der Waals surface area contributed by atoms with Crippen molar-refractivity contribution in [1.82, 2.24) is 4.90 Å². The van der Waals surface area contributed by atoms with Gasteiger partial charge >= 0.3 is 12.1 Å². The topological polar surface area (TPSA) is 73.2 Å². The van der Waals surface area contributed by atoms with E-state index in [1.807, 2.05) is 6.07 Å². The first-order valence-corrected chi connectivity index (χ1v) is 6.98. The molecule has 1 aromatic carbocycles. The Morgan fingerprint density at radius 3 is 2.48 bits per heavy atom. The molecule has 1 fully saturated rings. The minimum absolute atomic E-state index is 0.00100. The third kappa shape index (κ3) is 4.22. The molecule has 0 saturated carbocycles. The number of benzene rings is 1. The van der Waals surface area contributed by atoms with E-state index in [9.17, 15) is 22.8 Å². The summed E-state index contributed by atoms with van der Waals surface area (Å²) in [4.78, 5) is 24.1. The minimum Gasteiger partial charge on any atom is -0.334 e. The molecule has 5 nitrogen and oxygen atoms in total. The summed E-state index contributed by atoms with van der Waals surface area (Å²) in [6, 6.07) is 8.07. The Bertz CT molecular complexity index is 635. The van der Waals surface area contributed by atoms with Crippen molar-refractivity contribution < 1.29 is 22.8 Å². The van der Waals surface area contributed by atoms with Crippen LogP contribution in [-0.4, -0.2) is 36.0 Å². The van der Waals surface area contributed by atoms with Gasteiger partial charge in [0.25, 0.3) is 0 Å². The molecule has 0 aliphatic carbocycles. The van der Waals surface area contributed by atoms with Crippen LogP contribution in [0.5, 0.6) is 0 Å². The number of hydrogen-bond donors (Lipinski definition) is 1. The number of likely N-dealkylation sites (tertiary alicyclic amines) is 1. The van der Waals surface area contributed by atoms with Crippen molar-refractivity contribution in [2.45, 2.75) is 19.0 Å². The quantitative estimate of drug-likeness (QED) is 0.907. The zero-order chi connectivity index (χ0) is 17.0. The summed E-state index contributed by atoms with van der Waals surface area (Å²) in [5.74, 6) is -3.03. The van der Waals surface area contributed by atoms with Gasteiger partial charge in [-0.3, -0.25) is 9.59 Å². The second kappa shape index (κ2) is 6.69. The van der Waals surface area contributed by atoms with Gasteiger partial charge in [-0.2, -0.15) is 18.4 Å². The van der Waals surface area contributed by atoms with Crippen LogP contribution in [0, 0.1) is 17.2 Å². The summed E-state index contributed by atoms with van der Waals surface area (Å²) in [6.45, 7) is -0.251. The lowest BCUT2D eigenvalue weighted by molar-refractivity contribution is -0.187. The molecule has 0 aromatic heterocycles. The first kappa shape index (κ1) is 16.8. The van der Waals surface area contributed by atoms with Gasteiger partial charge in [-0.05, 0) is 37.1 Å². The van der Waals surface area contributed by atoms with Crippen molar-refractivity contribution in [3.8, 4) is 6.07 Å². The number of piperidine rings is 1. The van der Waals surface area contributed by atoms with Crippen molar-refractivity contribution >= 4 is 17.5 Å². The van der Waals surface area contributed by atoms with Crippen LogP contribution < -0.4 is 5.32 Å². The number of nitrogens with zero attached hydrogens (tertiary/aromatic N) is 2. The standard InChI is InChI=1S/C15H14F3N3O2/c16-15(17,18)14(23)21-7-1-2-11(9-21)13(22)20-12-5-3-10(8-19)4-6-12/h3-6,11H,1-2,7,9H2,(H,20,22). The van der Waals surface area contributed by atoms with Crippen LogP contribution in [0.4, 0.5) is 18.9 Å². The van der Waals surface area contributed by atoms with Crippen LogP contribution in [0.2, 0.25) is 0 Å². The van der Waals surface area contributed by atoms with Gasteiger partial charge in [-0.25, -0.2) is 0 Å². The highest BCUT2D eigenvalue weighted by Gasteiger charge is 2.44. The van der Waals surface area contributed by atoms with Gasteiger partial charge in [0.15, 0.2) is 0 Å². The second-order valence-electron chi connectivity index (χ2n) is 5.27. The van der Waals surface area contributed by atoms with Gasteiger partial charge in [0.05, 0.1) is 17.6 Å². The maximum atomic E-state index is 12.5. The number of amides is 2. The molecule has 1 aromatic rings. The zero-order valence-corrected chi connectivity index (χ0v) is 12.1. The smallest absolute Gasteiger partial charge is 0.334 e. The first-order valence-electron chi connectivity index (χ1n) is 6.98. The van der Waals surface area contributed by atoms with Gasteiger partial charge in [-0.15, -0.1) is 0 Å². The number of anilines is 1. The van der Waals surface area contributed by atoms with Gasteiger partial charge in [-0.1, -0.05) is 0 Å². The number of carbonyl (C=O) groups excluding carboxylic acids is 2. The van der Waals surface area contributed by atoms with Gasteiger partial charge in [0.2, 0.25) is 5.91 Å². The van der Waals surface area contributed by atoms with Crippen molar-refractivity contribution in [2.75, 3.05) is 18.4 Å². The molecule has 1 aliphatic rings. The van der Waals surface area contributed by atoms with Crippen molar-refractivity contribution in [1.29, 1.82) is 5.26 Å². The van der Waals surface area contributed by atoms with E-state index in [-0.39, 0.29) is 13.1 Å². The van der Waals surface area contributed by atoms with Gasteiger partial charge < -0.3 is 10.2 Å². The number of halogens is 3. The Labute approximate surface area is 130 Å². The summed E-state index contributed by atoms with van der Waals surface area (Å²) < 4.78 is 37.4. The van der Waals surface area contributed by atoms with E-state index in [1.54, 1.807) is 0 Å². The maximum Gasteiger partial charge on any atom is 0.471 e. The van der Waals surface area contributed by atoms with Crippen LogP contribution in [-0.2, 0) is 9.59 Å². The molecule has 1 atom stereocenters. The summed E-state index contributed by atoms with van der Waals surface area (Å²) in [5, 5.41) is 11.3. The summed E-state index contributed by atoms with van der Waals surface area (Å²) in [5.41, 5.74) is 0.885. The van der Waals surface area contributed by atoms with Gasteiger partial charge in [0, 0.05) is 18.8 Å². The zero-order valence-electron chi connectivity index (χ0n) is 12.1. The molecule has 1 aliphatic heterocycles. The van der Waals surface area contributed by atoms with E-state index in [1.165, 1.54) is 24.3 Å². The van der Waals surface area contributed by atoms with Gasteiger partial charge in [0.1, 0.15) is 0 Å². The van der Waals surface area contributed by atoms with E-state index in [0.717, 1.165) is 0 Å². The Balaban J connectivity index is 1.99. The SMILES string of the molecule is N#Cc1ccc(NC(=O)C2CCCN(C(=O)C(F)(F)F)C2)cc1. The molecule has 2 amide bonds. The van der Waals surface area contributed by atoms with Crippen LogP contribution in [0.3, 0.4) is 0 Å². The minimum atomic E-state index is -4.93. The molecule has 23 heavy (non-hydrogen) atoms. The number of nitriles is 1. The maximum absolute atomic E-state index is 12.5. The average Bonchev–Trinajstić information content (AvgIpc) is 2.54. The molecule has 1 saturated heterocycles. The van der Waals surface area contributed by atoms with Crippen LogP contribution in [0.25, 0.3) is 0 Å². The highest BCUT2D eigenvalue weighted by Crippen LogP contribution is 2.24. The molecule has 0 bridgehead atoms. The van der Waals surface area contributed by atoms with Crippen LogP contribution in [0.1, 0.15) is 18.4 Å². The summed E-state index contributed by atoms with van der Waals surface area (Å²) in [7, 11) is 0. The second-order valence-corrected chi connectivity index (χ2v) is 5.27. The van der Waals surface area contributed by atoms with Crippen molar-refractivity contribution in [3.63, 3.8) is 0 Å². The molecule has 2 rings (SSSR count). The molecule has 1 unspecified atom stereocenters. The van der Waals surface area contributed by atoms with E-state index >= 15 is 0 Å². The fourth-order valence-electron chi connectivity index (χ4n) is 2.43. The Hall–Kier alpha value is -2.56. The van der Waals surface area contributed by atoms with E-state index in [4.69, 9.17) is 5.26 Å². The predicted octanol–water partition coefficient (Wildman–Crippen LogP) is 2.30. The largest absolute Gasteiger partial charge is 0.471 e. The van der Waals surface area contributed by atoms with E-state index < -0.39 is 23.9 Å². The lowest BCUT2D eigenvalue weighted by Gasteiger charge is -2.32. The third-order valence-corrected chi connectivity index (χ3v) is 3.60. The number of nitrogens with one attached hydrogen (secondary N) is 1. The Kier molecular flexibility index (Phi) is 4.89. The fourth-order valence-corrected chi connectivity index (χ4v) is 2.43. The number of hydrogen-bond acceptors (Lipinski definition) is 3. The highest BCUT2D eigenvalue weighted by molar-refractivity contribution is 5.93. The molecule has 122 valence electrons. The lowest BCUT2D eigenvalue weighted by Crippen LogP contribution is -2.48. The fraction of sp³-hybridized carbons (Fsp3) is 0.400. The lowest BCUT2D eigenvalue weighted by atomic mass is 9.97. The molecule has 0 radical (unpaired) electrons. The first-order chi connectivity index (χ1) is 10.8. The molecule has 1 heterocycles. The monoisotopic (exact) mass is 325 g/mol. The normalized spacial score (nSPS) is 18.2. The third-order valence-electron chi connectivity index (χ3n) is 3.60. The van der Waals surface area contributed by atoms with E-state index in [0.29, 0.717) is 29.0 Å². The van der Waals surface area contributed by atoms with E-state index in [2.05, 4.69) is 5.32 Å². The summed E-state index contributed by atoms with van der Waals surface area (Å²) in [6.07, 6.45) is -4.16. The van der Waals surface area contributed by atoms with Crippen LogP contribution >= 0.6 is 0 Å². The average molecular weight is 325 g/mol. The summed E-state index contributed by atoms with van der Waals surface area (Å²) >= 11 is 0. The molecule has 0 spiro atoms. The molecular weight excluding hydrogens is 311 g/mol. The molecule has 1 N–H and O–H groups in total. The van der Waals surface area contributed by atoms with Crippen molar-refractivity contribution in [2.24, 2.45) is 5.92 Å². The molecule has 8 heteroatoms. The predicted molar refractivity (Wildman–Crippen MR) is 75.1 cm³/mol. The Morgan fingerprint density at radius 1 is 1.26 bits per heavy atom.